The van der Waals surface area contributed by atoms with Gasteiger partial charge in [0.15, 0.2) is 0 Å². The number of aromatic nitrogens is 1. The molecule has 11 heavy (non-hydrogen) atoms. The van der Waals surface area contributed by atoms with E-state index >= 15 is 0 Å². The zero-order valence-corrected chi connectivity index (χ0v) is 6.38. The summed E-state index contributed by atoms with van der Waals surface area (Å²) in [5, 5.41) is 3.35. The molecule has 0 amide bonds. The number of hydrogen-bond acceptors (Lipinski definition) is 2. The van der Waals surface area contributed by atoms with Crippen LogP contribution in [-0.4, -0.2) is 11.5 Å². The van der Waals surface area contributed by atoms with E-state index in [0.29, 0.717) is 12.1 Å². The molecule has 0 saturated carbocycles. The van der Waals surface area contributed by atoms with E-state index in [1.54, 1.807) is 18.5 Å². The fourth-order valence-electron chi connectivity index (χ4n) is 1.48. The molecule has 2 nitrogen and oxygen atoms in total. The van der Waals surface area contributed by atoms with Gasteiger partial charge in [-0.1, -0.05) is 6.04 Å². The summed E-state index contributed by atoms with van der Waals surface area (Å²) >= 11 is 0. The summed E-state index contributed by atoms with van der Waals surface area (Å²) in [4.78, 5) is 4.03. The molecule has 0 bridgehead atoms. The summed E-state index contributed by atoms with van der Waals surface area (Å²) in [6.07, 6.45) is 5.81. The SMILES string of the molecule is [2H]c1ccncc1C1CCCN1. The predicted molar refractivity (Wildman–Crippen MR) is 44.2 cm³/mol. The molecule has 1 atom stereocenters. The summed E-state index contributed by atoms with van der Waals surface area (Å²) < 4.78 is 7.66. The van der Waals surface area contributed by atoms with Gasteiger partial charge < -0.3 is 5.32 Å². The number of nitrogens with one attached hydrogen (secondary N) is 1. The second kappa shape index (κ2) is 3.01. The molecule has 1 aliphatic rings. The van der Waals surface area contributed by atoms with E-state index in [0.717, 1.165) is 18.5 Å². The number of rotatable bonds is 1. The van der Waals surface area contributed by atoms with Crippen LogP contribution in [0.5, 0.6) is 0 Å². The van der Waals surface area contributed by atoms with E-state index in [2.05, 4.69) is 10.3 Å². The molecule has 2 heteroatoms. The van der Waals surface area contributed by atoms with Gasteiger partial charge in [-0.3, -0.25) is 4.98 Å². The maximum atomic E-state index is 7.66. The zero-order chi connectivity index (χ0) is 8.39. The number of nitrogens with zero attached hydrogens (tertiary/aromatic N) is 1. The average molecular weight is 149 g/mol. The second-order valence-electron chi connectivity index (χ2n) is 2.84. The van der Waals surface area contributed by atoms with Gasteiger partial charge in [0.1, 0.15) is 0 Å². The van der Waals surface area contributed by atoms with Gasteiger partial charge in [-0.05, 0) is 31.0 Å². The third kappa shape index (κ3) is 1.40. The molecule has 1 aromatic rings. The van der Waals surface area contributed by atoms with Crippen LogP contribution < -0.4 is 5.32 Å². The van der Waals surface area contributed by atoms with Crippen LogP contribution in [-0.2, 0) is 0 Å². The summed E-state index contributed by atoms with van der Waals surface area (Å²) in [5.41, 5.74) is 1.04. The highest BCUT2D eigenvalue weighted by Gasteiger charge is 2.15. The maximum absolute atomic E-state index is 7.66. The first-order chi connectivity index (χ1) is 5.88. The Balaban J connectivity index is 2.26. The summed E-state index contributed by atoms with van der Waals surface area (Å²) in [6.45, 7) is 1.07. The molecular weight excluding hydrogens is 136 g/mol. The van der Waals surface area contributed by atoms with Crippen LogP contribution in [0.2, 0.25) is 0 Å². The first-order valence-corrected chi connectivity index (χ1v) is 4.02. The van der Waals surface area contributed by atoms with Crippen molar-refractivity contribution >= 4 is 0 Å². The fraction of sp³-hybridized carbons (Fsp3) is 0.444. The summed E-state index contributed by atoms with van der Waals surface area (Å²) in [7, 11) is 0. The van der Waals surface area contributed by atoms with Crippen LogP contribution >= 0.6 is 0 Å². The molecule has 0 spiro atoms. The Morgan fingerprint density at radius 2 is 2.73 bits per heavy atom. The molecule has 2 heterocycles. The lowest BCUT2D eigenvalue weighted by molar-refractivity contribution is 0.645. The maximum Gasteiger partial charge on any atom is 0.0627 e. The molecule has 1 aliphatic heterocycles. The van der Waals surface area contributed by atoms with Gasteiger partial charge in [-0.2, -0.15) is 0 Å². The molecule has 1 N–H and O–H groups in total. The van der Waals surface area contributed by atoms with Crippen molar-refractivity contribution in [3.8, 4) is 0 Å². The summed E-state index contributed by atoms with van der Waals surface area (Å²) in [6, 6.07) is 2.71. The van der Waals surface area contributed by atoms with Crippen molar-refractivity contribution in [2.75, 3.05) is 6.54 Å². The lowest BCUT2D eigenvalue weighted by Gasteiger charge is -2.08. The van der Waals surface area contributed by atoms with E-state index in [1.165, 1.54) is 6.42 Å². The van der Waals surface area contributed by atoms with Gasteiger partial charge >= 0.3 is 0 Å². The monoisotopic (exact) mass is 149 g/mol. The molecule has 1 fully saturated rings. The Morgan fingerprint density at radius 3 is 3.45 bits per heavy atom. The standard InChI is InChI=1S/C9H12N2/c1-3-8(7-10-5-1)9-4-2-6-11-9/h1,3,5,7,9,11H,2,4,6H2/i3D. The predicted octanol–water partition coefficient (Wildman–Crippen LogP) is 1.51. The minimum atomic E-state index is 0.367. The smallest absolute Gasteiger partial charge is 0.0627 e. The van der Waals surface area contributed by atoms with E-state index in [4.69, 9.17) is 1.37 Å². The number of hydrogen-bond donors (Lipinski definition) is 1. The zero-order valence-electron chi connectivity index (χ0n) is 7.38. The summed E-state index contributed by atoms with van der Waals surface area (Å²) in [5.74, 6) is 0. The van der Waals surface area contributed by atoms with Crippen molar-refractivity contribution in [2.24, 2.45) is 0 Å². The quantitative estimate of drug-likeness (QED) is 0.654. The number of pyridine rings is 1. The van der Waals surface area contributed by atoms with Gasteiger partial charge in [0.2, 0.25) is 0 Å². The second-order valence-corrected chi connectivity index (χ2v) is 2.84. The topological polar surface area (TPSA) is 24.9 Å². The highest BCUT2D eigenvalue weighted by molar-refractivity contribution is 5.14. The Morgan fingerprint density at radius 1 is 1.73 bits per heavy atom. The molecule has 2 rings (SSSR count). The first kappa shape index (κ1) is 5.72. The van der Waals surface area contributed by atoms with Gasteiger partial charge in [-0.15, -0.1) is 0 Å². The Bertz CT molecular complexity index is 269. The fourth-order valence-corrected chi connectivity index (χ4v) is 1.48. The molecule has 0 aromatic carbocycles. The van der Waals surface area contributed by atoms with Crippen LogP contribution in [0, 0.1) is 0 Å². The largest absolute Gasteiger partial charge is 0.310 e. The van der Waals surface area contributed by atoms with E-state index in [9.17, 15) is 0 Å². The molecule has 58 valence electrons. The Kier molecular flexibility index (Phi) is 1.57. The van der Waals surface area contributed by atoms with Crippen molar-refractivity contribution in [2.45, 2.75) is 18.9 Å². The van der Waals surface area contributed by atoms with E-state index in [-0.39, 0.29) is 0 Å². The highest BCUT2D eigenvalue weighted by atomic mass is 14.9. The first-order valence-electron chi connectivity index (χ1n) is 4.52. The molecule has 1 unspecified atom stereocenters. The van der Waals surface area contributed by atoms with Crippen molar-refractivity contribution in [3.63, 3.8) is 0 Å². The minimum absolute atomic E-state index is 0.367. The molecular formula is C9H12N2. The Hall–Kier alpha value is -0.890. The molecule has 1 aromatic heterocycles. The molecule has 0 aliphatic carbocycles. The van der Waals surface area contributed by atoms with Crippen LogP contribution in [0.3, 0.4) is 0 Å². The van der Waals surface area contributed by atoms with E-state index in [1.807, 2.05) is 0 Å². The van der Waals surface area contributed by atoms with Crippen LogP contribution in [0.1, 0.15) is 25.8 Å². The lowest BCUT2D eigenvalue weighted by Crippen LogP contribution is -2.12. The lowest BCUT2D eigenvalue weighted by atomic mass is 10.1. The average Bonchev–Trinajstić information content (AvgIpc) is 2.57. The minimum Gasteiger partial charge on any atom is -0.310 e. The van der Waals surface area contributed by atoms with Gasteiger partial charge in [0.05, 0.1) is 1.37 Å². The molecule has 0 radical (unpaired) electrons. The van der Waals surface area contributed by atoms with Crippen LogP contribution in [0.15, 0.2) is 24.5 Å². The highest BCUT2D eigenvalue weighted by Crippen LogP contribution is 2.21. The van der Waals surface area contributed by atoms with Crippen molar-refractivity contribution in [1.29, 1.82) is 0 Å². The van der Waals surface area contributed by atoms with Crippen molar-refractivity contribution in [3.05, 3.63) is 30.1 Å². The van der Waals surface area contributed by atoms with Crippen molar-refractivity contribution in [1.82, 2.24) is 10.3 Å². The van der Waals surface area contributed by atoms with E-state index < -0.39 is 0 Å². The van der Waals surface area contributed by atoms with Crippen LogP contribution in [0.4, 0.5) is 0 Å². The Labute approximate surface area is 68.1 Å². The van der Waals surface area contributed by atoms with Gasteiger partial charge in [0, 0.05) is 18.4 Å². The van der Waals surface area contributed by atoms with Gasteiger partial charge in [0.25, 0.3) is 0 Å². The van der Waals surface area contributed by atoms with Crippen molar-refractivity contribution < 1.29 is 1.37 Å². The molecule has 1 saturated heterocycles. The normalized spacial score (nSPS) is 25.1. The van der Waals surface area contributed by atoms with Gasteiger partial charge in [-0.25, -0.2) is 0 Å². The van der Waals surface area contributed by atoms with Crippen LogP contribution in [0.25, 0.3) is 0 Å². The third-order valence-corrected chi connectivity index (χ3v) is 2.06. The third-order valence-electron chi connectivity index (χ3n) is 2.06.